The summed E-state index contributed by atoms with van der Waals surface area (Å²) in [6, 6.07) is 0.458. The van der Waals surface area contributed by atoms with Gasteiger partial charge in [-0.15, -0.1) is 0 Å². The number of hydrogen-bond acceptors (Lipinski definition) is 2. The molecule has 2 unspecified atom stereocenters. The van der Waals surface area contributed by atoms with Crippen LogP contribution in [0.3, 0.4) is 0 Å². The van der Waals surface area contributed by atoms with E-state index < -0.39 is 0 Å². The van der Waals surface area contributed by atoms with Crippen LogP contribution in [0.15, 0.2) is 0 Å². The van der Waals surface area contributed by atoms with Crippen LogP contribution >= 0.6 is 11.8 Å². The Kier molecular flexibility index (Phi) is 3.44. The molecule has 1 aliphatic rings. The Hall–Kier alpha value is -0.180. The first-order valence-corrected chi connectivity index (χ1v) is 5.83. The zero-order valence-electron chi connectivity index (χ0n) is 8.04. The third kappa shape index (κ3) is 2.16. The maximum Gasteiger partial charge on any atom is 0.232 e. The van der Waals surface area contributed by atoms with Crippen molar-refractivity contribution in [3.8, 4) is 0 Å². The average molecular weight is 187 g/mol. The van der Waals surface area contributed by atoms with E-state index in [0.717, 1.165) is 6.54 Å². The molecule has 12 heavy (non-hydrogen) atoms. The van der Waals surface area contributed by atoms with E-state index in [1.165, 1.54) is 6.42 Å². The van der Waals surface area contributed by atoms with Crippen molar-refractivity contribution in [1.82, 2.24) is 4.90 Å². The van der Waals surface area contributed by atoms with E-state index in [4.69, 9.17) is 0 Å². The van der Waals surface area contributed by atoms with Crippen molar-refractivity contribution in [3.63, 3.8) is 0 Å². The molecule has 0 radical (unpaired) electrons. The standard InChI is InChI=1S/C9H17NOS/c1-7-4-8(2)10(5-7)9(11)6-12-3/h7-8H,4-6H2,1-3H3. The SMILES string of the molecule is CSCC(=O)N1CC(C)CC1C. The van der Waals surface area contributed by atoms with Crippen LogP contribution in [0.25, 0.3) is 0 Å². The highest BCUT2D eigenvalue weighted by Gasteiger charge is 2.28. The number of thioether (sulfide) groups is 1. The summed E-state index contributed by atoms with van der Waals surface area (Å²) in [5.41, 5.74) is 0. The first kappa shape index (κ1) is 9.90. The van der Waals surface area contributed by atoms with Crippen LogP contribution in [0.5, 0.6) is 0 Å². The normalized spacial score (nSPS) is 29.4. The van der Waals surface area contributed by atoms with Crippen molar-refractivity contribution >= 4 is 17.7 Å². The van der Waals surface area contributed by atoms with E-state index in [9.17, 15) is 4.79 Å². The van der Waals surface area contributed by atoms with Crippen LogP contribution in [-0.4, -0.2) is 35.4 Å². The van der Waals surface area contributed by atoms with Gasteiger partial charge in [0.25, 0.3) is 0 Å². The third-order valence-corrected chi connectivity index (χ3v) is 2.91. The summed E-state index contributed by atoms with van der Waals surface area (Å²) in [4.78, 5) is 13.5. The van der Waals surface area contributed by atoms with Gasteiger partial charge in [-0.1, -0.05) is 6.92 Å². The molecule has 0 aromatic rings. The highest BCUT2D eigenvalue weighted by molar-refractivity contribution is 7.99. The van der Waals surface area contributed by atoms with Gasteiger partial charge in [0.05, 0.1) is 5.75 Å². The summed E-state index contributed by atoms with van der Waals surface area (Å²) in [6.07, 6.45) is 3.14. The van der Waals surface area contributed by atoms with Gasteiger partial charge in [0.2, 0.25) is 5.91 Å². The highest BCUT2D eigenvalue weighted by Crippen LogP contribution is 2.22. The summed E-state index contributed by atoms with van der Waals surface area (Å²) in [6.45, 7) is 5.31. The second-order valence-corrected chi connectivity index (χ2v) is 4.54. The molecule has 0 N–H and O–H groups in total. The Morgan fingerprint density at radius 1 is 1.58 bits per heavy atom. The van der Waals surface area contributed by atoms with Crippen LogP contribution < -0.4 is 0 Å². The molecule has 2 atom stereocenters. The minimum Gasteiger partial charge on any atom is -0.339 e. The number of amides is 1. The van der Waals surface area contributed by atoms with E-state index in [-0.39, 0.29) is 0 Å². The molecular formula is C9H17NOS. The summed E-state index contributed by atoms with van der Waals surface area (Å²) in [7, 11) is 0. The molecule has 0 bridgehead atoms. The lowest BCUT2D eigenvalue weighted by molar-refractivity contribution is -0.128. The summed E-state index contributed by atoms with van der Waals surface area (Å²) >= 11 is 1.61. The number of carbonyl (C=O) groups excluding carboxylic acids is 1. The van der Waals surface area contributed by atoms with E-state index in [1.807, 2.05) is 11.2 Å². The molecule has 1 aliphatic heterocycles. The number of carbonyl (C=O) groups is 1. The molecule has 1 amide bonds. The van der Waals surface area contributed by atoms with Gasteiger partial charge in [0.15, 0.2) is 0 Å². The highest BCUT2D eigenvalue weighted by atomic mass is 32.2. The Morgan fingerprint density at radius 3 is 2.67 bits per heavy atom. The van der Waals surface area contributed by atoms with Gasteiger partial charge in [-0.2, -0.15) is 11.8 Å². The zero-order valence-corrected chi connectivity index (χ0v) is 8.86. The second-order valence-electron chi connectivity index (χ2n) is 3.67. The fourth-order valence-electron chi connectivity index (χ4n) is 1.85. The van der Waals surface area contributed by atoms with Crippen molar-refractivity contribution in [3.05, 3.63) is 0 Å². The minimum atomic E-state index is 0.305. The number of hydrogen-bond donors (Lipinski definition) is 0. The van der Waals surface area contributed by atoms with Crippen molar-refractivity contribution in [2.75, 3.05) is 18.6 Å². The second kappa shape index (κ2) is 4.17. The van der Waals surface area contributed by atoms with Crippen molar-refractivity contribution < 1.29 is 4.79 Å². The van der Waals surface area contributed by atoms with Gasteiger partial charge in [0, 0.05) is 12.6 Å². The molecular weight excluding hydrogens is 170 g/mol. The molecule has 3 heteroatoms. The molecule has 0 saturated carbocycles. The monoisotopic (exact) mass is 187 g/mol. The summed E-state index contributed by atoms with van der Waals surface area (Å²) in [5, 5.41) is 0. The lowest BCUT2D eigenvalue weighted by Gasteiger charge is -2.20. The van der Waals surface area contributed by atoms with Crippen LogP contribution in [0.4, 0.5) is 0 Å². The predicted molar refractivity (Wildman–Crippen MR) is 53.3 cm³/mol. The van der Waals surface area contributed by atoms with Gasteiger partial charge in [-0.05, 0) is 25.5 Å². The Bertz CT molecular complexity index is 172. The maximum atomic E-state index is 11.5. The Balaban J connectivity index is 2.46. The summed E-state index contributed by atoms with van der Waals surface area (Å²) < 4.78 is 0. The maximum absolute atomic E-state index is 11.5. The van der Waals surface area contributed by atoms with Crippen molar-refractivity contribution in [2.24, 2.45) is 5.92 Å². The minimum absolute atomic E-state index is 0.305. The summed E-state index contributed by atoms with van der Waals surface area (Å²) in [5.74, 6) is 1.63. The van der Waals surface area contributed by atoms with E-state index >= 15 is 0 Å². The van der Waals surface area contributed by atoms with Crippen LogP contribution in [0.1, 0.15) is 20.3 Å². The van der Waals surface area contributed by atoms with Crippen LogP contribution in [0, 0.1) is 5.92 Å². The van der Waals surface area contributed by atoms with Gasteiger partial charge in [-0.25, -0.2) is 0 Å². The molecule has 2 nitrogen and oxygen atoms in total. The van der Waals surface area contributed by atoms with E-state index in [1.54, 1.807) is 11.8 Å². The first-order valence-electron chi connectivity index (χ1n) is 4.43. The smallest absolute Gasteiger partial charge is 0.232 e. The van der Waals surface area contributed by atoms with Crippen molar-refractivity contribution in [2.45, 2.75) is 26.3 Å². The topological polar surface area (TPSA) is 20.3 Å². The molecule has 0 aromatic carbocycles. The fourth-order valence-corrected chi connectivity index (χ4v) is 2.27. The molecule has 0 aliphatic carbocycles. The fraction of sp³-hybridized carbons (Fsp3) is 0.889. The lowest BCUT2D eigenvalue weighted by Crippen LogP contribution is -2.35. The lowest BCUT2D eigenvalue weighted by atomic mass is 10.1. The quantitative estimate of drug-likeness (QED) is 0.654. The molecule has 0 spiro atoms. The number of rotatable bonds is 2. The van der Waals surface area contributed by atoms with E-state index in [2.05, 4.69) is 13.8 Å². The predicted octanol–water partition coefficient (Wildman–Crippen LogP) is 1.61. The van der Waals surface area contributed by atoms with Crippen LogP contribution in [0.2, 0.25) is 0 Å². The Morgan fingerprint density at radius 2 is 2.25 bits per heavy atom. The van der Waals surface area contributed by atoms with Gasteiger partial charge in [-0.3, -0.25) is 4.79 Å². The molecule has 70 valence electrons. The third-order valence-electron chi connectivity index (χ3n) is 2.37. The van der Waals surface area contributed by atoms with Crippen LogP contribution in [-0.2, 0) is 4.79 Å². The zero-order chi connectivity index (χ0) is 9.14. The van der Waals surface area contributed by atoms with Crippen molar-refractivity contribution in [1.29, 1.82) is 0 Å². The largest absolute Gasteiger partial charge is 0.339 e. The molecule has 0 aromatic heterocycles. The molecule has 1 fully saturated rings. The first-order chi connectivity index (χ1) is 5.65. The number of nitrogens with zero attached hydrogens (tertiary/aromatic N) is 1. The average Bonchev–Trinajstić information content (AvgIpc) is 2.30. The van der Waals surface area contributed by atoms with Gasteiger partial charge >= 0.3 is 0 Å². The van der Waals surface area contributed by atoms with Gasteiger partial charge < -0.3 is 4.90 Å². The molecule has 1 saturated heterocycles. The van der Waals surface area contributed by atoms with E-state index in [0.29, 0.717) is 23.6 Å². The van der Waals surface area contributed by atoms with Gasteiger partial charge in [0.1, 0.15) is 0 Å². The molecule has 1 heterocycles. The molecule has 1 rings (SSSR count). The Labute approximate surface area is 78.7 Å². The number of likely N-dealkylation sites (tertiary alicyclic amines) is 1.